The lowest BCUT2D eigenvalue weighted by Gasteiger charge is -2.38. The normalized spacial score (nSPS) is 23.5. The molecule has 3 heterocycles. The standard InChI is InChI=1S/C16H23Cl2N5O/c1-21-4-6-23(7-5-21)16(24)15-11-22(3-2-20-15)10-12-13(17)8-19-9-14(12)18/h8-9,15,20H,2-7,10-11H2,1H3. The molecular formula is C16H23Cl2N5O. The van der Waals surface area contributed by atoms with Crippen molar-refractivity contribution in [1.29, 1.82) is 0 Å². The molecule has 0 spiro atoms. The van der Waals surface area contributed by atoms with Gasteiger partial charge in [0.15, 0.2) is 0 Å². The fraction of sp³-hybridized carbons (Fsp3) is 0.625. The first kappa shape index (κ1) is 17.9. The molecule has 1 unspecified atom stereocenters. The average molecular weight is 372 g/mol. The zero-order valence-electron chi connectivity index (χ0n) is 13.8. The van der Waals surface area contributed by atoms with Gasteiger partial charge in [-0.1, -0.05) is 23.2 Å². The predicted molar refractivity (Wildman–Crippen MR) is 95.4 cm³/mol. The number of amides is 1. The Morgan fingerprint density at radius 1 is 1.21 bits per heavy atom. The summed E-state index contributed by atoms with van der Waals surface area (Å²) < 4.78 is 0. The number of rotatable bonds is 3. The molecule has 132 valence electrons. The van der Waals surface area contributed by atoms with Crippen LogP contribution < -0.4 is 5.32 Å². The summed E-state index contributed by atoms with van der Waals surface area (Å²) in [5.74, 6) is 0.194. The van der Waals surface area contributed by atoms with Gasteiger partial charge in [-0.25, -0.2) is 0 Å². The molecule has 0 bridgehead atoms. The second kappa shape index (κ2) is 7.97. The number of halogens is 2. The molecule has 3 rings (SSSR count). The van der Waals surface area contributed by atoms with Crippen molar-refractivity contribution in [3.8, 4) is 0 Å². The fourth-order valence-corrected chi connectivity index (χ4v) is 3.66. The minimum atomic E-state index is -0.165. The molecule has 0 radical (unpaired) electrons. The lowest BCUT2D eigenvalue weighted by molar-refractivity contribution is -0.136. The number of nitrogens with one attached hydrogen (secondary N) is 1. The summed E-state index contributed by atoms with van der Waals surface area (Å²) in [7, 11) is 2.09. The number of likely N-dealkylation sites (N-methyl/N-ethyl adjacent to an activating group) is 1. The maximum absolute atomic E-state index is 12.7. The number of carbonyl (C=O) groups excluding carboxylic acids is 1. The second-order valence-corrected chi connectivity index (χ2v) is 7.27. The van der Waals surface area contributed by atoms with Gasteiger partial charge in [-0.05, 0) is 7.05 Å². The van der Waals surface area contributed by atoms with Gasteiger partial charge in [0.2, 0.25) is 5.91 Å². The molecule has 1 N–H and O–H groups in total. The van der Waals surface area contributed by atoms with Gasteiger partial charge in [-0.2, -0.15) is 0 Å². The van der Waals surface area contributed by atoms with Crippen molar-refractivity contribution in [2.45, 2.75) is 12.6 Å². The molecule has 2 saturated heterocycles. The number of aromatic nitrogens is 1. The van der Waals surface area contributed by atoms with E-state index in [0.717, 1.165) is 44.8 Å². The van der Waals surface area contributed by atoms with Gasteiger partial charge in [0.05, 0.1) is 16.1 Å². The Morgan fingerprint density at radius 3 is 2.54 bits per heavy atom. The maximum atomic E-state index is 12.7. The van der Waals surface area contributed by atoms with Crippen LogP contribution in [0.4, 0.5) is 0 Å². The van der Waals surface area contributed by atoms with E-state index in [9.17, 15) is 4.79 Å². The first-order valence-corrected chi connectivity index (χ1v) is 9.01. The summed E-state index contributed by atoms with van der Waals surface area (Å²) in [5, 5.41) is 4.49. The highest BCUT2D eigenvalue weighted by molar-refractivity contribution is 6.35. The van der Waals surface area contributed by atoms with Crippen LogP contribution in [0.5, 0.6) is 0 Å². The lowest BCUT2D eigenvalue weighted by atomic mass is 10.1. The molecule has 0 aliphatic carbocycles. The summed E-state index contributed by atoms with van der Waals surface area (Å²) in [6.45, 7) is 6.42. The van der Waals surface area contributed by atoms with Crippen LogP contribution in [0, 0.1) is 0 Å². The Balaban J connectivity index is 1.61. The molecule has 6 nitrogen and oxygen atoms in total. The third kappa shape index (κ3) is 4.18. The van der Waals surface area contributed by atoms with Gasteiger partial charge in [0.1, 0.15) is 0 Å². The largest absolute Gasteiger partial charge is 0.339 e. The van der Waals surface area contributed by atoms with E-state index in [4.69, 9.17) is 23.2 Å². The molecule has 1 aromatic heterocycles. The summed E-state index contributed by atoms with van der Waals surface area (Å²) >= 11 is 12.4. The predicted octanol–water partition coefficient (Wildman–Crippen LogP) is 0.936. The molecule has 1 atom stereocenters. The van der Waals surface area contributed by atoms with Gasteiger partial charge >= 0.3 is 0 Å². The van der Waals surface area contributed by atoms with Gasteiger partial charge in [0.25, 0.3) is 0 Å². The Labute approximate surface area is 152 Å². The average Bonchev–Trinajstić information content (AvgIpc) is 2.59. The Morgan fingerprint density at radius 2 is 1.88 bits per heavy atom. The van der Waals surface area contributed by atoms with Crippen LogP contribution >= 0.6 is 23.2 Å². The minimum absolute atomic E-state index is 0.165. The van der Waals surface area contributed by atoms with E-state index in [1.54, 1.807) is 12.4 Å². The molecule has 1 aromatic rings. The van der Waals surface area contributed by atoms with Crippen LogP contribution in [-0.4, -0.2) is 84.5 Å². The molecule has 1 amide bonds. The van der Waals surface area contributed by atoms with E-state index >= 15 is 0 Å². The molecule has 2 aliphatic heterocycles. The monoisotopic (exact) mass is 371 g/mol. The van der Waals surface area contributed by atoms with Gasteiger partial charge in [-0.15, -0.1) is 0 Å². The molecule has 8 heteroatoms. The number of carbonyl (C=O) groups is 1. The number of piperazine rings is 2. The minimum Gasteiger partial charge on any atom is -0.339 e. The third-order valence-electron chi connectivity index (χ3n) is 4.71. The van der Waals surface area contributed by atoms with E-state index in [0.29, 0.717) is 23.1 Å². The van der Waals surface area contributed by atoms with Crippen LogP contribution in [0.15, 0.2) is 12.4 Å². The van der Waals surface area contributed by atoms with Crippen molar-refractivity contribution in [2.75, 3.05) is 52.9 Å². The second-order valence-electron chi connectivity index (χ2n) is 6.45. The Kier molecular flexibility index (Phi) is 5.94. The first-order chi connectivity index (χ1) is 11.5. The van der Waals surface area contributed by atoms with Crippen molar-refractivity contribution in [1.82, 2.24) is 25.0 Å². The maximum Gasteiger partial charge on any atom is 0.241 e. The fourth-order valence-electron chi connectivity index (χ4n) is 3.18. The van der Waals surface area contributed by atoms with Crippen LogP contribution in [0.25, 0.3) is 0 Å². The zero-order chi connectivity index (χ0) is 17.1. The van der Waals surface area contributed by atoms with Crippen LogP contribution in [0.2, 0.25) is 10.0 Å². The van der Waals surface area contributed by atoms with Crippen molar-refractivity contribution in [3.05, 3.63) is 28.0 Å². The number of hydrogen-bond acceptors (Lipinski definition) is 5. The highest BCUT2D eigenvalue weighted by Crippen LogP contribution is 2.24. The highest BCUT2D eigenvalue weighted by Gasteiger charge is 2.30. The smallest absolute Gasteiger partial charge is 0.241 e. The van der Waals surface area contributed by atoms with E-state index in [1.807, 2.05) is 4.90 Å². The van der Waals surface area contributed by atoms with Crippen molar-refractivity contribution < 1.29 is 4.79 Å². The summed E-state index contributed by atoms with van der Waals surface area (Å²) in [6.07, 6.45) is 3.22. The van der Waals surface area contributed by atoms with Crippen molar-refractivity contribution in [3.63, 3.8) is 0 Å². The van der Waals surface area contributed by atoms with E-state index in [2.05, 4.69) is 27.1 Å². The molecular weight excluding hydrogens is 349 g/mol. The first-order valence-electron chi connectivity index (χ1n) is 8.25. The molecule has 2 aliphatic rings. The van der Waals surface area contributed by atoms with Gasteiger partial charge in [0, 0.05) is 70.3 Å². The lowest BCUT2D eigenvalue weighted by Crippen LogP contribution is -2.59. The molecule has 24 heavy (non-hydrogen) atoms. The van der Waals surface area contributed by atoms with Crippen LogP contribution in [-0.2, 0) is 11.3 Å². The summed E-state index contributed by atoms with van der Waals surface area (Å²) in [6, 6.07) is -0.165. The SMILES string of the molecule is CN1CCN(C(=O)C2CN(Cc3c(Cl)cncc3Cl)CCN2)CC1. The quantitative estimate of drug-likeness (QED) is 0.856. The summed E-state index contributed by atoms with van der Waals surface area (Å²) in [5.41, 5.74) is 0.876. The van der Waals surface area contributed by atoms with E-state index in [-0.39, 0.29) is 11.9 Å². The molecule has 0 saturated carbocycles. The van der Waals surface area contributed by atoms with Crippen LogP contribution in [0.3, 0.4) is 0 Å². The van der Waals surface area contributed by atoms with Crippen molar-refractivity contribution >= 4 is 29.1 Å². The Hall–Kier alpha value is -0.920. The highest BCUT2D eigenvalue weighted by atomic mass is 35.5. The number of pyridine rings is 1. The van der Waals surface area contributed by atoms with Gasteiger partial charge in [-0.3, -0.25) is 14.7 Å². The Bertz CT molecular complexity index is 572. The number of nitrogens with zero attached hydrogens (tertiary/aromatic N) is 4. The van der Waals surface area contributed by atoms with E-state index in [1.165, 1.54) is 0 Å². The van der Waals surface area contributed by atoms with Crippen molar-refractivity contribution in [2.24, 2.45) is 0 Å². The molecule has 2 fully saturated rings. The summed E-state index contributed by atoms with van der Waals surface area (Å²) in [4.78, 5) is 23.2. The van der Waals surface area contributed by atoms with Gasteiger partial charge < -0.3 is 15.1 Å². The number of hydrogen-bond donors (Lipinski definition) is 1. The van der Waals surface area contributed by atoms with E-state index < -0.39 is 0 Å². The third-order valence-corrected chi connectivity index (χ3v) is 5.36. The topological polar surface area (TPSA) is 51.7 Å². The van der Waals surface area contributed by atoms with Crippen LogP contribution in [0.1, 0.15) is 5.56 Å². The molecule has 0 aromatic carbocycles. The zero-order valence-corrected chi connectivity index (χ0v) is 15.4.